The zero-order chi connectivity index (χ0) is 15.6. The van der Waals surface area contributed by atoms with Gasteiger partial charge in [0, 0.05) is 23.6 Å². The molecule has 1 aliphatic heterocycles. The first-order chi connectivity index (χ1) is 10.6. The Morgan fingerprint density at radius 2 is 1.91 bits per heavy atom. The zero-order valence-electron chi connectivity index (χ0n) is 13.2. The van der Waals surface area contributed by atoms with E-state index in [1.54, 1.807) is 6.07 Å². The third kappa shape index (κ3) is 3.12. The van der Waals surface area contributed by atoms with Crippen molar-refractivity contribution in [2.24, 2.45) is 5.41 Å². The van der Waals surface area contributed by atoms with Gasteiger partial charge in [-0.05, 0) is 25.9 Å². The highest BCUT2D eigenvalue weighted by molar-refractivity contribution is 5.98. The maximum absolute atomic E-state index is 12.7. The second-order valence-corrected chi connectivity index (χ2v) is 6.64. The lowest BCUT2D eigenvalue weighted by Gasteiger charge is -2.27. The summed E-state index contributed by atoms with van der Waals surface area (Å²) in [4.78, 5) is 15.1. The first kappa shape index (κ1) is 15.0. The number of hydrogen-bond acceptors (Lipinski definition) is 4. The van der Waals surface area contributed by atoms with Crippen LogP contribution in [0.15, 0.2) is 40.9 Å². The molecule has 2 heterocycles. The third-order valence-corrected chi connectivity index (χ3v) is 4.24. The number of aromatic nitrogens is 1. The quantitative estimate of drug-likeness (QED) is 0.791. The molecule has 4 nitrogen and oxygen atoms in total. The highest BCUT2D eigenvalue weighted by atomic mass is 16.5. The SMILES string of the molecule is CC(C)(CN1CCCC1)C(=O)c1cc(-c2ccccc2)no1. The Labute approximate surface area is 131 Å². The summed E-state index contributed by atoms with van der Waals surface area (Å²) in [5.41, 5.74) is 1.21. The van der Waals surface area contributed by atoms with Crippen LogP contribution in [0, 0.1) is 5.41 Å². The zero-order valence-corrected chi connectivity index (χ0v) is 13.2. The van der Waals surface area contributed by atoms with E-state index < -0.39 is 5.41 Å². The molecular formula is C18H22N2O2. The molecule has 0 amide bonds. The van der Waals surface area contributed by atoms with Crippen LogP contribution >= 0.6 is 0 Å². The number of benzene rings is 1. The smallest absolute Gasteiger partial charge is 0.207 e. The molecule has 0 unspecified atom stereocenters. The van der Waals surface area contributed by atoms with E-state index in [4.69, 9.17) is 4.52 Å². The second-order valence-electron chi connectivity index (χ2n) is 6.64. The number of ketones is 1. The summed E-state index contributed by atoms with van der Waals surface area (Å²) in [6, 6.07) is 11.5. The fourth-order valence-corrected chi connectivity index (χ4v) is 3.03. The predicted molar refractivity (Wildman–Crippen MR) is 85.7 cm³/mol. The van der Waals surface area contributed by atoms with Gasteiger partial charge in [0.2, 0.25) is 11.5 Å². The molecule has 1 aromatic heterocycles. The molecule has 0 atom stereocenters. The Bertz CT molecular complexity index is 640. The van der Waals surface area contributed by atoms with Crippen LogP contribution in [-0.2, 0) is 0 Å². The van der Waals surface area contributed by atoms with Gasteiger partial charge in [0.25, 0.3) is 0 Å². The lowest BCUT2D eigenvalue weighted by atomic mass is 9.86. The summed E-state index contributed by atoms with van der Waals surface area (Å²) in [7, 11) is 0. The van der Waals surface area contributed by atoms with Gasteiger partial charge in [-0.2, -0.15) is 0 Å². The van der Waals surface area contributed by atoms with Gasteiger partial charge in [-0.1, -0.05) is 49.3 Å². The monoisotopic (exact) mass is 298 g/mol. The maximum atomic E-state index is 12.7. The number of nitrogens with zero attached hydrogens (tertiary/aromatic N) is 2. The molecule has 2 aromatic rings. The number of Topliss-reactive ketones (excluding diaryl/α,β-unsaturated/α-hetero) is 1. The van der Waals surface area contributed by atoms with Gasteiger partial charge in [0.15, 0.2) is 0 Å². The van der Waals surface area contributed by atoms with Crippen molar-refractivity contribution in [3.05, 3.63) is 42.2 Å². The number of likely N-dealkylation sites (tertiary alicyclic amines) is 1. The molecule has 0 saturated carbocycles. The average Bonchev–Trinajstić information content (AvgIpc) is 3.18. The van der Waals surface area contributed by atoms with E-state index >= 15 is 0 Å². The highest BCUT2D eigenvalue weighted by Crippen LogP contribution is 2.27. The molecule has 0 bridgehead atoms. The summed E-state index contributed by atoms with van der Waals surface area (Å²) in [5, 5.41) is 4.04. The van der Waals surface area contributed by atoms with Crippen molar-refractivity contribution >= 4 is 5.78 Å². The van der Waals surface area contributed by atoms with Crippen molar-refractivity contribution in [1.82, 2.24) is 10.1 Å². The van der Waals surface area contributed by atoms with Crippen molar-refractivity contribution in [2.45, 2.75) is 26.7 Å². The van der Waals surface area contributed by atoms with Crippen LogP contribution in [0.2, 0.25) is 0 Å². The lowest BCUT2D eigenvalue weighted by Crippen LogP contribution is -2.37. The van der Waals surface area contributed by atoms with E-state index in [9.17, 15) is 4.79 Å². The van der Waals surface area contributed by atoms with E-state index in [2.05, 4.69) is 10.1 Å². The van der Waals surface area contributed by atoms with E-state index in [1.165, 1.54) is 12.8 Å². The predicted octanol–water partition coefficient (Wildman–Crippen LogP) is 3.65. The largest absolute Gasteiger partial charge is 0.352 e. The molecule has 22 heavy (non-hydrogen) atoms. The molecule has 116 valence electrons. The minimum absolute atomic E-state index is 0.0223. The maximum Gasteiger partial charge on any atom is 0.207 e. The summed E-state index contributed by atoms with van der Waals surface area (Å²) < 4.78 is 5.31. The van der Waals surface area contributed by atoms with Gasteiger partial charge in [-0.3, -0.25) is 4.79 Å². The number of carbonyl (C=O) groups is 1. The first-order valence-corrected chi connectivity index (χ1v) is 7.85. The summed E-state index contributed by atoms with van der Waals surface area (Å²) in [5.74, 6) is 0.372. The number of rotatable bonds is 5. The Morgan fingerprint density at radius 3 is 2.59 bits per heavy atom. The number of carbonyl (C=O) groups excluding carboxylic acids is 1. The topological polar surface area (TPSA) is 46.3 Å². The lowest BCUT2D eigenvalue weighted by molar-refractivity contribution is 0.0743. The molecular weight excluding hydrogens is 276 g/mol. The Balaban J connectivity index is 1.75. The van der Waals surface area contributed by atoms with Crippen molar-refractivity contribution in [1.29, 1.82) is 0 Å². The highest BCUT2D eigenvalue weighted by Gasteiger charge is 2.34. The second kappa shape index (κ2) is 6.05. The summed E-state index contributed by atoms with van der Waals surface area (Å²) in [6.45, 7) is 6.91. The van der Waals surface area contributed by atoms with Crippen molar-refractivity contribution < 1.29 is 9.32 Å². The molecule has 3 rings (SSSR count). The molecule has 1 saturated heterocycles. The van der Waals surface area contributed by atoms with Gasteiger partial charge < -0.3 is 9.42 Å². The van der Waals surface area contributed by atoms with E-state index in [1.807, 2.05) is 44.2 Å². The van der Waals surface area contributed by atoms with Crippen LogP contribution in [0.4, 0.5) is 0 Å². The minimum atomic E-state index is -0.460. The molecule has 0 radical (unpaired) electrons. The van der Waals surface area contributed by atoms with Gasteiger partial charge >= 0.3 is 0 Å². The van der Waals surface area contributed by atoms with E-state index in [0.29, 0.717) is 11.5 Å². The number of hydrogen-bond donors (Lipinski definition) is 0. The molecule has 1 fully saturated rings. The molecule has 0 aliphatic carbocycles. The summed E-state index contributed by atoms with van der Waals surface area (Å²) >= 11 is 0. The van der Waals surface area contributed by atoms with Crippen molar-refractivity contribution in [3.8, 4) is 11.3 Å². The van der Waals surface area contributed by atoms with E-state index in [-0.39, 0.29) is 5.78 Å². The fourth-order valence-electron chi connectivity index (χ4n) is 3.03. The standard InChI is InChI=1S/C18H22N2O2/c1-18(2,13-20-10-6-7-11-20)17(21)16-12-15(19-22-16)14-8-4-3-5-9-14/h3-5,8-9,12H,6-7,10-11,13H2,1-2H3. The molecule has 1 aliphatic rings. The van der Waals surface area contributed by atoms with E-state index in [0.717, 1.165) is 25.2 Å². The Hall–Kier alpha value is -1.94. The van der Waals surface area contributed by atoms with Crippen LogP contribution in [-0.4, -0.2) is 35.5 Å². The van der Waals surface area contributed by atoms with Crippen LogP contribution in [0.1, 0.15) is 37.2 Å². The molecule has 0 N–H and O–H groups in total. The molecule has 1 aromatic carbocycles. The average molecular weight is 298 g/mol. The van der Waals surface area contributed by atoms with Crippen LogP contribution in [0.5, 0.6) is 0 Å². The van der Waals surface area contributed by atoms with Crippen LogP contribution in [0.25, 0.3) is 11.3 Å². The molecule has 4 heteroatoms. The molecule has 0 spiro atoms. The van der Waals surface area contributed by atoms with Crippen LogP contribution < -0.4 is 0 Å². The van der Waals surface area contributed by atoms with Crippen molar-refractivity contribution in [2.75, 3.05) is 19.6 Å². The van der Waals surface area contributed by atoms with Gasteiger partial charge in [-0.25, -0.2) is 0 Å². The van der Waals surface area contributed by atoms with Crippen LogP contribution in [0.3, 0.4) is 0 Å². The Kier molecular flexibility index (Phi) is 4.12. The minimum Gasteiger partial charge on any atom is -0.352 e. The van der Waals surface area contributed by atoms with Gasteiger partial charge in [0.05, 0.1) is 0 Å². The normalized spacial score (nSPS) is 16.1. The Morgan fingerprint density at radius 1 is 1.23 bits per heavy atom. The van der Waals surface area contributed by atoms with Gasteiger partial charge in [0.1, 0.15) is 5.69 Å². The fraction of sp³-hybridized carbons (Fsp3) is 0.444. The third-order valence-electron chi connectivity index (χ3n) is 4.24. The summed E-state index contributed by atoms with van der Waals surface area (Å²) in [6.07, 6.45) is 2.45. The first-order valence-electron chi connectivity index (χ1n) is 7.85. The van der Waals surface area contributed by atoms with Crippen molar-refractivity contribution in [3.63, 3.8) is 0 Å². The van der Waals surface area contributed by atoms with Gasteiger partial charge in [-0.15, -0.1) is 0 Å².